The number of nitrogens with zero attached hydrogens (tertiary/aromatic N) is 1. The largest absolute Gasteiger partial charge is 0.325 e. The zero-order chi connectivity index (χ0) is 21.1. The second-order valence-corrected chi connectivity index (χ2v) is 12.2. The number of anilines is 1. The quantitative estimate of drug-likeness (QED) is 0.496. The number of halogens is 1. The summed E-state index contributed by atoms with van der Waals surface area (Å²) in [6.45, 7) is 0.0446. The predicted octanol–water partition coefficient (Wildman–Crippen LogP) is 5.92. The Labute approximate surface area is 197 Å². The topological polar surface area (TPSA) is 51.1 Å². The van der Waals surface area contributed by atoms with Crippen molar-refractivity contribution in [3.8, 4) is 0 Å². The molecule has 0 radical (unpaired) electrons. The van der Waals surface area contributed by atoms with Gasteiger partial charge in [-0.15, -0.1) is 23.1 Å². The predicted molar refractivity (Wildman–Crippen MR) is 129 cm³/mol. The zero-order valence-electron chi connectivity index (χ0n) is 16.6. The fourth-order valence-electron chi connectivity index (χ4n) is 5.75. The normalized spacial score (nSPS) is 28.4. The molecule has 3 aromatic rings. The number of rotatable bonds is 4. The van der Waals surface area contributed by atoms with Crippen molar-refractivity contribution in [2.24, 2.45) is 17.8 Å². The lowest BCUT2D eigenvalue weighted by atomic mass is 9.77. The molecule has 0 saturated heterocycles. The van der Waals surface area contributed by atoms with E-state index in [1.165, 1.54) is 40.4 Å². The van der Waals surface area contributed by atoms with Gasteiger partial charge in [-0.1, -0.05) is 29.0 Å². The second-order valence-electron chi connectivity index (χ2n) is 8.66. The van der Waals surface area contributed by atoms with E-state index in [9.17, 15) is 9.59 Å². The van der Waals surface area contributed by atoms with E-state index < -0.39 is 0 Å². The Hall–Kier alpha value is -1.54. The van der Waals surface area contributed by atoms with Gasteiger partial charge in [-0.2, -0.15) is 0 Å². The van der Waals surface area contributed by atoms with Gasteiger partial charge in [0, 0.05) is 31.6 Å². The number of carbonyl (C=O) groups excluding carboxylic acids is 1. The van der Waals surface area contributed by atoms with Crippen LogP contribution in [0, 0.1) is 17.8 Å². The number of thiophene rings is 1. The highest BCUT2D eigenvalue weighted by Crippen LogP contribution is 2.64. The van der Waals surface area contributed by atoms with E-state index in [-0.39, 0.29) is 17.3 Å². The lowest BCUT2D eigenvalue weighted by Gasteiger charge is -2.40. The molecule has 2 aliphatic carbocycles. The van der Waals surface area contributed by atoms with E-state index >= 15 is 0 Å². The third-order valence-electron chi connectivity index (χ3n) is 6.97. The first-order valence-corrected chi connectivity index (χ1v) is 13.5. The first-order valence-electron chi connectivity index (χ1n) is 10.6. The first kappa shape index (κ1) is 20.1. The van der Waals surface area contributed by atoms with Gasteiger partial charge in [0.15, 0.2) is 0 Å². The van der Waals surface area contributed by atoms with Crippen molar-refractivity contribution in [3.05, 3.63) is 66.2 Å². The number of thioether (sulfide) groups is 1. The molecule has 5 atom stereocenters. The number of thiazole rings is 1. The average Bonchev–Trinajstić information content (AvgIpc) is 3.54. The van der Waals surface area contributed by atoms with Crippen molar-refractivity contribution < 1.29 is 4.79 Å². The van der Waals surface area contributed by atoms with E-state index in [4.69, 9.17) is 11.6 Å². The highest BCUT2D eigenvalue weighted by Gasteiger charge is 2.55. The Morgan fingerprint density at radius 3 is 2.74 bits per heavy atom. The van der Waals surface area contributed by atoms with Crippen LogP contribution >= 0.6 is 46.0 Å². The van der Waals surface area contributed by atoms with Crippen molar-refractivity contribution in [1.82, 2.24) is 4.57 Å². The number of nitrogens with one attached hydrogen (secondary N) is 1. The smallest absolute Gasteiger partial charge is 0.308 e. The van der Waals surface area contributed by atoms with E-state index in [0.29, 0.717) is 27.8 Å². The van der Waals surface area contributed by atoms with Gasteiger partial charge in [0.2, 0.25) is 5.91 Å². The molecule has 4 nitrogen and oxygen atoms in total. The summed E-state index contributed by atoms with van der Waals surface area (Å²) in [5.74, 6) is 2.23. The third-order valence-corrected chi connectivity index (χ3v) is 11.0. The molecule has 31 heavy (non-hydrogen) atoms. The maximum Gasteiger partial charge on any atom is 0.308 e. The number of hydrogen-bond acceptors (Lipinski definition) is 5. The van der Waals surface area contributed by atoms with Crippen molar-refractivity contribution in [1.29, 1.82) is 0 Å². The van der Waals surface area contributed by atoms with Crippen LogP contribution in [-0.2, 0) is 11.3 Å². The number of hydrogen-bond donors (Lipinski definition) is 1. The van der Waals surface area contributed by atoms with Gasteiger partial charge in [-0.25, -0.2) is 0 Å². The van der Waals surface area contributed by atoms with Gasteiger partial charge >= 0.3 is 4.87 Å². The summed E-state index contributed by atoms with van der Waals surface area (Å²) in [5, 5.41) is 7.23. The number of carbonyl (C=O) groups is 1. The summed E-state index contributed by atoms with van der Waals surface area (Å²) < 4.78 is 1.71. The molecule has 3 aliphatic rings. The highest BCUT2D eigenvalue weighted by atomic mass is 35.5. The minimum absolute atomic E-state index is 0.0300. The molecule has 6 rings (SSSR count). The maximum atomic E-state index is 13.0. The Balaban J connectivity index is 1.34. The first-order chi connectivity index (χ1) is 15.1. The van der Waals surface area contributed by atoms with Gasteiger partial charge in [0.05, 0.1) is 5.03 Å². The number of fused-ring (bicyclic) bond motifs is 6. The lowest BCUT2D eigenvalue weighted by molar-refractivity contribution is -0.116. The molecule has 1 N–H and O–H groups in total. The van der Waals surface area contributed by atoms with Crippen LogP contribution in [0.15, 0.2) is 51.6 Å². The molecule has 1 amide bonds. The van der Waals surface area contributed by atoms with E-state index in [2.05, 4.69) is 22.8 Å². The summed E-state index contributed by atoms with van der Waals surface area (Å²) in [5.41, 5.74) is 0.684. The van der Waals surface area contributed by atoms with Crippen molar-refractivity contribution in [2.45, 2.75) is 42.0 Å². The summed E-state index contributed by atoms with van der Waals surface area (Å²) >= 11 is 10.9. The monoisotopic (exact) mass is 488 g/mol. The number of amides is 1. The Morgan fingerprint density at radius 1 is 1.16 bits per heavy atom. The summed E-state index contributed by atoms with van der Waals surface area (Å²) in [7, 11) is 0. The Kier molecular flexibility index (Phi) is 5.05. The minimum atomic E-state index is -0.187. The van der Waals surface area contributed by atoms with Crippen LogP contribution in [-0.4, -0.2) is 15.7 Å². The van der Waals surface area contributed by atoms with Gasteiger partial charge in [-0.05, 0) is 72.7 Å². The van der Waals surface area contributed by atoms with Crippen LogP contribution in [0.25, 0.3) is 0 Å². The molecule has 160 valence electrons. The molecule has 8 heteroatoms. The second kappa shape index (κ2) is 7.80. The molecule has 1 aromatic carbocycles. The van der Waals surface area contributed by atoms with Gasteiger partial charge < -0.3 is 5.32 Å². The van der Waals surface area contributed by atoms with Gasteiger partial charge in [0.25, 0.3) is 0 Å². The molecule has 0 spiro atoms. The number of aromatic nitrogens is 1. The highest BCUT2D eigenvalue weighted by molar-refractivity contribution is 8.00. The molecule has 4 unspecified atom stereocenters. The van der Waals surface area contributed by atoms with E-state index in [0.717, 1.165) is 16.9 Å². The van der Waals surface area contributed by atoms with Crippen LogP contribution in [0.5, 0.6) is 0 Å². The molecule has 2 saturated carbocycles. The van der Waals surface area contributed by atoms with Crippen molar-refractivity contribution in [2.75, 3.05) is 5.32 Å². The minimum Gasteiger partial charge on any atom is -0.325 e. The van der Waals surface area contributed by atoms with Crippen LogP contribution in [0.2, 0.25) is 5.02 Å². The van der Waals surface area contributed by atoms with Crippen LogP contribution in [0.1, 0.15) is 34.9 Å². The van der Waals surface area contributed by atoms with E-state index in [1.54, 1.807) is 40.2 Å². The van der Waals surface area contributed by atoms with Gasteiger partial charge in [0.1, 0.15) is 6.54 Å². The fraction of sp³-hybridized carbons (Fsp3) is 0.391. The SMILES string of the molecule is O=C(Cn1c2c(sc1=O)[C@@H](c1cccs1)C1C3CCC(C3)C1S2)Nc1ccc(Cl)cc1. The number of benzene rings is 1. The molecule has 3 heterocycles. The maximum absolute atomic E-state index is 13.0. The average molecular weight is 489 g/mol. The van der Waals surface area contributed by atoms with Crippen LogP contribution in [0.4, 0.5) is 5.69 Å². The Morgan fingerprint density at radius 2 is 1.97 bits per heavy atom. The third kappa shape index (κ3) is 3.41. The summed E-state index contributed by atoms with van der Waals surface area (Å²) in [6, 6.07) is 11.4. The van der Waals surface area contributed by atoms with Crippen molar-refractivity contribution in [3.63, 3.8) is 0 Å². The molecule has 2 bridgehead atoms. The van der Waals surface area contributed by atoms with Gasteiger partial charge in [-0.3, -0.25) is 14.2 Å². The van der Waals surface area contributed by atoms with Crippen molar-refractivity contribution >= 4 is 57.6 Å². The fourth-order valence-corrected chi connectivity index (χ4v) is 9.99. The van der Waals surface area contributed by atoms with E-state index in [1.807, 2.05) is 11.8 Å². The molecular formula is C23H21ClN2O2S3. The lowest BCUT2D eigenvalue weighted by Crippen LogP contribution is -2.34. The molecule has 2 fully saturated rings. The standard InChI is InChI=1S/C23H21ClN2O2S3/c24-14-5-7-15(8-6-14)25-17(27)11-26-22-21(31-23(26)28)19(16-2-1-9-29-16)18-12-3-4-13(10-12)20(18)30-22/h1-2,5-9,12-13,18-20H,3-4,10-11H2,(H,25,27)/t12?,13?,18?,19-,20?/m0/s1. The molecule has 1 aliphatic heterocycles. The molecule has 2 aromatic heterocycles. The summed E-state index contributed by atoms with van der Waals surface area (Å²) in [6.07, 6.45) is 3.94. The summed E-state index contributed by atoms with van der Waals surface area (Å²) in [4.78, 5) is 28.3. The Bertz CT molecular complexity index is 1180. The van der Waals surface area contributed by atoms with Crippen LogP contribution in [0.3, 0.4) is 0 Å². The zero-order valence-corrected chi connectivity index (χ0v) is 19.8. The molecular weight excluding hydrogens is 468 g/mol. The van der Waals surface area contributed by atoms with Crippen LogP contribution < -0.4 is 10.2 Å².